The van der Waals surface area contributed by atoms with Crippen LogP contribution in [0.5, 0.6) is 5.75 Å². The minimum Gasteiger partial charge on any atom is -0.481 e. The van der Waals surface area contributed by atoms with E-state index < -0.39 is 17.7 Å². The van der Waals surface area contributed by atoms with Gasteiger partial charge >= 0.3 is 0 Å². The molecule has 0 aliphatic carbocycles. The van der Waals surface area contributed by atoms with Crippen LogP contribution >= 0.6 is 0 Å². The van der Waals surface area contributed by atoms with Crippen LogP contribution in [0.15, 0.2) is 42.7 Å². The molecule has 1 aromatic heterocycles. The van der Waals surface area contributed by atoms with Crippen LogP contribution in [0.2, 0.25) is 0 Å². The first-order valence-electron chi connectivity index (χ1n) is 10.1. The summed E-state index contributed by atoms with van der Waals surface area (Å²) in [5.74, 6) is -2.06. The number of nitrogens with zero attached hydrogens (tertiary/aromatic N) is 3. The molecule has 2 aromatic rings. The largest absolute Gasteiger partial charge is 0.481 e. The average molecular weight is 419 g/mol. The van der Waals surface area contributed by atoms with E-state index in [-0.39, 0.29) is 11.7 Å². The van der Waals surface area contributed by atoms with Crippen LogP contribution in [-0.2, 0) is 16.1 Å². The van der Waals surface area contributed by atoms with E-state index in [1.807, 2.05) is 12.1 Å². The second-order valence-electron chi connectivity index (χ2n) is 7.26. The predicted molar refractivity (Wildman–Crippen MR) is 108 cm³/mol. The number of halogens is 2. The van der Waals surface area contributed by atoms with Gasteiger partial charge in [0, 0.05) is 51.2 Å². The number of hydrogen-bond donors (Lipinski definition) is 0. The van der Waals surface area contributed by atoms with E-state index in [0.29, 0.717) is 13.1 Å². The number of morpholine rings is 1. The third-order valence-electron chi connectivity index (χ3n) is 4.99. The normalized spacial score (nSPS) is 15.6. The Morgan fingerprint density at radius 3 is 2.63 bits per heavy atom. The summed E-state index contributed by atoms with van der Waals surface area (Å²) in [4.78, 5) is 21.1. The molecule has 1 atom stereocenters. The molecule has 1 saturated heterocycles. The predicted octanol–water partition coefficient (Wildman–Crippen LogP) is 2.88. The molecule has 6 nitrogen and oxygen atoms in total. The molecule has 1 fully saturated rings. The Kier molecular flexibility index (Phi) is 8.10. The number of amides is 1. The Bertz CT molecular complexity index is 817. The van der Waals surface area contributed by atoms with E-state index >= 15 is 0 Å². The Morgan fingerprint density at radius 2 is 1.93 bits per heavy atom. The van der Waals surface area contributed by atoms with Gasteiger partial charge in [-0.2, -0.15) is 0 Å². The Morgan fingerprint density at radius 1 is 1.20 bits per heavy atom. The van der Waals surface area contributed by atoms with E-state index in [4.69, 9.17) is 9.47 Å². The first kappa shape index (κ1) is 22.1. The fourth-order valence-electron chi connectivity index (χ4n) is 3.35. The minimum atomic E-state index is -1.01. The zero-order chi connectivity index (χ0) is 21.3. The lowest BCUT2D eigenvalue weighted by molar-refractivity contribution is -0.138. The summed E-state index contributed by atoms with van der Waals surface area (Å²) in [6.07, 6.45) is 3.36. The summed E-state index contributed by atoms with van der Waals surface area (Å²) < 4.78 is 37.5. The van der Waals surface area contributed by atoms with Gasteiger partial charge in [0.2, 0.25) is 0 Å². The lowest BCUT2D eigenvalue weighted by Gasteiger charge is -2.29. The van der Waals surface area contributed by atoms with Crippen molar-refractivity contribution < 1.29 is 23.0 Å². The van der Waals surface area contributed by atoms with Gasteiger partial charge in [0.15, 0.2) is 17.7 Å². The van der Waals surface area contributed by atoms with E-state index in [2.05, 4.69) is 9.88 Å². The summed E-state index contributed by atoms with van der Waals surface area (Å²) in [5.41, 5.74) is 0.963. The Hall–Kier alpha value is -2.58. The molecule has 162 valence electrons. The molecule has 0 saturated carbocycles. The van der Waals surface area contributed by atoms with Gasteiger partial charge in [-0.25, -0.2) is 8.78 Å². The van der Waals surface area contributed by atoms with Crippen LogP contribution in [-0.4, -0.2) is 66.2 Å². The molecule has 0 N–H and O–H groups in total. The molecule has 1 aliphatic heterocycles. The highest BCUT2D eigenvalue weighted by Crippen LogP contribution is 2.18. The summed E-state index contributed by atoms with van der Waals surface area (Å²) in [5, 5.41) is 0. The van der Waals surface area contributed by atoms with Gasteiger partial charge in [0.05, 0.1) is 13.2 Å². The first-order chi connectivity index (χ1) is 14.5. The molecule has 1 amide bonds. The highest BCUT2D eigenvalue weighted by atomic mass is 19.2. The molecule has 1 aliphatic rings. The molecule has 3 rings (SSSR count). The van der Waals surface area contributed by atoms with Crippen molar-refractivity contribution in [2.45, 2.75) is 26.0 Å². The maximum Gasteiger partial charge on any atom is 0.263 e. The van der Waals surface area contributed by atoms with Crippen molar-refractivity contribution in [3.8, 4) is 5.75 Å². The molecular weight excluding hydrogens is 392 g/mol. The van der Waals surface area contributed by atoms with E-state index in [1.165, 1.54) is 6.07 Å². The number of ether oxygens (including phenoxy) is 2. The van der Waals surface area contributed by atoms with Crippen molar-refractivity contribution in [1.29, 1.82) is 0 Å². The SMILES string of the molecule is CC(Oc1ccc(F)c(F)c1)C(=O)N(CCCN1CCOCC1)Cc1ccncc1. The quantitative estimate of drug-likeness (QED) is 0.626. The fraction of sp³-hybridized carbons (Fsp3) is 0.455. The maximum absolute atomic E-state index is 13.5. The molecule has 0 radical (unpaired) electrons. The second kappa shape index (κ2) is 11.0. The fourth-order valence-corrected chi connectivity index (χ4v) is 3.35. The second-order valence-corrected chi connectivity index (χ2v) is 7.26. The van der Waals surface area contributed by atoms with Crippen LogP contribution in [0.4, 0.5) is 8.78 Å². The summed E-state index contributed by atoms with van der Waals surface area (Å²) in [7, 11) is 0. The van der Waals surface area contributed by atoms with Gasteiger partial charge in [-0.15, -0.1) is 0 Å². The van der Waals surface area contributed by atoms with Crippen molar-refractivity contribution in [2.75, 3.05) is 39.4 Å². The molecule has 0 spiro atoms. The highest BCUT2D eigenvalue weighted by molar-refractivity contribution is 5.80. The van der Waals surface area contributed by atoms with E-state index in [1.54, 1.807) is 24.2 Å². The van der Waals surface area contributed by atoms with Crippen LogP contribution in [0.1, 0.15) is 18.9 Å². The number of carbonyl (C=O) groups excluding carboxylic acids is 1. The van der Waals surface area contributed by atoms with Crippen molar-refractivity contribution in [1.82, 2.24) is 14.8 Å². The van der Waals surface area contributed by atoms with Crippen molar-refractivity contribution in [2.24, 2.45) is 0 Å². The lowest BCUT2D eigenvalue weighted by Crippen LogP contribution is -2.42. The van der Waals surface area contributed by atoms with Gasteiger partial charge in [0.1, 0.15) is 5.75 Å². The highest BCUT2D eigenvalue weighted by Gasteiger charge is 2.23. The average Bonchev–Trinajstić information content (AvgIpc) is 2.76. The molecule has 0 bridgehead atoms. The van der Waals surface area contributed by atoms with E-state index in [0.717, 1.165) is 57.0 Å². The van der Waals surface area contributed by atoms with Gasteiger partial charge in [-0.3, -0.25) is 14.7 Å². The molecule has 30 heavy (non-hydrogen) atoms. The van der Waals surface area contributed by atoms with Crippen LogP contribution in [0, 0.1) is 11.6 Å². The zero-order valence-corrected chi connectivity index (χ0v) is 17.1. The van der Waals surface area contributed by atoms with Gasteiger partial charge in [-0.1, -0.05) is 0 Å². The van der Waals surface area contributed by atoms with Gasteiger partial charge < -0.3 is 14.4 Å². The standard InChI is InChI=1S/C22H27F2N3O3/c1-17(30-19-3-4-20(23)21(24)15-19)22(28)27(16-18-5-7-25-8-6-18)10-2-9-26-11-13-29-14-12-26/h3-8,15,17H,2,9-14,16H2,1H3. The number of benzene rings is 1. The Labute approximate surface area is 175 Å². The van der Waals surface area contributed by atoms with E-state index in [9.17, 15) is 13.6 Å². The first-order valence-corrected chi connectivity index (χ1v) is 10.1. The van der Waals surface area contributed by atoms with Crippen molar-refractivity contribution in [3.05, 3.63) is 59.9 Å². The van der Waals surface area contributed by atoms with Gasteiger partial charge in [0.25, 0.3) is 5.91 Å². The molecule has 2 heterocycles. The van der Waals surface area contributed by atoms with Crippen molar-refractivity contribution >= 4 is 5.91 Å². The number of carbonyl (C=O) groups is 1. The topological polar surface area (TPSA) is 54.9 Å². The van der Waals surface area contributed by atoms with Crippen LogP contribution < -0.4 is 4.74 Å². The summed E-state index contributed by atoms with van der Waals surface area (Å²) in [6.45, 7) is 6.74. The molecule has 8 heteroatoms. The number of aromatic nitrogens is 1. The summed E-state index contributed by atoms with van der Waals surface area (Å²) >= 11 is 0. The molecule has 1 unspecified atom stereocenters. The van der Waals surface area contributed by atoms with Crippen LogP contribution in [0.25, 0.3) is 0 Å². The monoisotopic (exact) mass is 419 g/mol. The number of pyridine rings is 1. The summed E-state index contributed by atoms with van der Waals surface area (Å²) in [6, 6.07) is 6.98. The minimum absolute atomic E-state index is 0.118. The third-order valence-corrected chi connectivity index (χ3v) is 4.99. The third kappa shape index (κ3) is 6.47. The van der Waals surface area contributed by atoms with Gasteiger partial charge in [-0.05, 0) is 43.2 Å². The Balaban J connectivity index is 1.62. The van der Waals surface area contributed by atoms with Crippen LogP contribution in [0.3, 0.4) is 0 Å². The van der Waals surface area contributed by atoms with Crippen molar-refractivity contribution in [3.63, 3.8) is 0 Å². The maximum atomic E-state index is 13.5. The smallest absolute Gasteiger partial charge is 0.263 e. The number of hydrogen-bond acceptors (Lipinski definition) is 5. The molecular formula is C22H27F2N3O3. The number of rotatable bonds is 9. The zero-order valence-electron chi connectivity index (χ0n) is 17.1. The lowest BCUT2D eigenvalue weighted by atomic mass is 10.2. The molecule has 1 aromatic carbocycles.